The van der Waals surface area contributed by atoms with Gasteiger partial charge in [-0.15, -0.1) is 0 Å². The standard InChI is InChI=1S/C6H4ClFO2/c7-3-1-2-4(9)6(10)5(3)8/h1-2,9-10H. The van der Waals surface area contributed by atoms with E-state index in [1.165, 1.54) is 0 Å². The van der Waals surface area contributed by atoms with Crippen molar-refractivity contribution >= 4 is 11.6 Å². The first kappa shape index (κ1) is 7.15. The molecule has 0 bridgehead atoms. The van der Waals surface area contributed by atoms with Crippen molar-refractivity contribution in [3.8, 4) is 11.5 Å². The molecule has 2 nitrogen and oxygen atoms in total. The molecule has 4 heteroatoms. The molecule has 1 aromatic carbocycles. The maximum absolute atomic E-state index is 12.4. The third kappa shape index (κ3) is 0.998. The van der Waals surface area contributed by atoms with Gasteiger partial charge in [0.2, 0.25) is 0 Å². The zero-order chi connectivity index (χ0) is 7.72. The van der Waals surface area contributed by atoms with Gasteiger partial charge in [-0.05, 0) is 12.1 Å². The Kier molecular flexibility index (Phi) is 1.68. The van der Waals surface area contributed by atoms with Crippen molar-refractivity contribution in [2.75, 3.05) is 0 Å². The van der Waals surface area contributed by atoms with Crippen molar-refractivity contribution in [1.29, 1.82) is 0 Å². The molecule has 0 saturated heterocycles. The molecule has 0 spiro atoms. The molecule has 1 aromatic rings. The van der Waals surface area contributed by atoms with Gasteiger partial charge < -0.3 is 10.2 Å². The highest BCUT2D eigenvalue weighted by atomic mass is 35.5. The molecule has 0 aliphatic rings. The van der Waals surface area contributed by atoms with E-state index in [2.05, 4.69) is 0 Å². The Morgan fingerprint density at radius 1 is 1.30 bits per heavy atom. The summed E-state index contributed by atoms with van der Waals surface area (Å²) in [7, 11) is 0. The van der Waals surface area contributed by atoms with E-state index in [0.717, 1.165) is 12.1 Å². The molecule has 0 fully saturated rings. The van der Waals surface area contributed by atoms with E-state index < -0.39 is 17.3 Å². The minimum Gasteiger partial charge on any atom is -0.504 e. The lowest BCUT2D eigenvalue weighted by Gasteiger charge is -1.98. The first-order valence-electron chi connectivity index (χ1n) is 2.49. The molecule has 0 saturated carbocycles. The third-order valence-corrected chi connectivity index (χ3v) is 1.34. The van der Waals surface area contributed by atoms with Crippen molar-refractivity contribution in [2.45, 2.75) is 0 Å². The molecule has 0 radical (unpaired) electrons. The Morgan fingerprint density at radius 2 is 1.90 bits per heavy atom. The molecular formula is C6H4ClFO2. The summed E-state index contributed by atoms with van der Waals surface area (Å²) in [6.07, 6.45) is 0. The highest BCUT2D eigenvalue weighted by Crippen LogP contribution is 2.31. The van der Waals surface area contributed by atoms with Gasteiger partial charge in [0, 0.05) is 0 Å². The number of phenolic OH excluding ortho intramolecular Hbond substituents is 2. The second-order valence-electron chi connectivity index (χ2n) is 1.73. The number of hydrogen-bond acceptors (Lipinski definition) is 2. The smallest absolute Gasteiger partial charge is 0.195 e. The first-order valence-corrected chi connectivity index (χ1v) is 2.86. The van der Waals surface area contributed by atoms with Gasteiger partial charge in [-0.25, -0.2) is 4.39 Å². The average Bonchev–Trinajstić information content (AvgIpc) is 1.93. The van der Waals surface area contributed by atoms with Crippen LogP contribution in [0.2, 0.25) is 5.02 Å². The largest absolute Gasteiger partial charge is 0.504 e. The Balaban J connectivity index is 3.34. The fourth-order valence-corrected chi connectivity index (χ4v) is 0.682. The molecule has 10 heavy (non-hydrogen) atoms. The van der Waals surface area contributed by atoms with Gasteiger partial charge in [0.05, 0.1) is 5.02 Å². The van der Waals surface area contributed by atoms with Crippen LogP contribution in [0, 0.1) is 5.82 Å². The summed E-state index contributed by atoms with van der Waals surface area (Å²) >= 11 is 5.24. The number of benzene rings is 1. The number of halogens is 2. The van der Waals surface area contributed by atoms with Gasteiger partial charge >= 0.3 is 0 Å². The zero-order valence-corrected chi connectivity index (χ0v) is 5.56. The van der Waals surface area contributed by atoms with Gasteiger partial charge in [-0.1, -0.05) is 11.6 Å². The van der Waals surface area contributed by atoms with E-state index in [0.29, 0.717) is 0 Å². The van der Waals surface area contributed by atoms with Gasteiger partial charge in [-0.2, -0.15) is 0 Å². The summed E-state index contributed by atoms with van der Waals surface area (Å²) in [5.74, 6) is -2.32. The summed E-state index contributed by atoms with van der Waals surface area (Å²) in [5, 5.41) is 17.1. The number of rotatable bonds is 0. The second-order valence-corrected chi connectivity index (χ2v) is 2.14. The molecule has 2 N–H and O–H groups in total. The number of aromatic hydroxyl groups is 2. The quantitative estimate of drug-likeness (QED) is 0.572. The molecule has 54 valence electrons. The van der Waals surface area contributed by atoms with Crippen LogP contribution < -0.4 is 0 Å². The van der Waals surface area contributed by atoms with Crippen LogP contribution in [0.3, 0.4) is 0 Å². The van der Waals surface area contributed by atoms with E-state index in [4.69, 9.17) is 21.8 Å². The van der Waals surface area contributed by atoms with Crippen LogP contribution >= 0.6 is 11.6 Å². The maximum atomic E-state index is 12.4. The SMILES string of the molecule is Oc1ccc(Cl)c(F)c1O. The van der Waals surface area contributed by atoms with E-state index in [9.17, 15) is 4.39 Å². The lowest BCUT2D eigenvalue weighted by molar-refractivity contribution is 0.379. The molecule has 0 heterocycles. The molecule has 0 amide bonds. The second kappa shape index (κ2) is 2.34. The fraction of sp³-hybridized carbons (Fsp3) is 0. The molecule has 0 aromatic heterocycles. The van der Waals surface area contributed by atoms with E-state index >= 15 is 0 Å². The molecule has 0 unspecified atom stereocenters. The van der Waals surface area contributed by atoms with Crippen molar-refractivity contribution in [1.82, 2.24) is 0 Å². The van der Waals surface area contributed by atoms with Gasteiger partial charge in [0.15, 0.2) is 17.3 Å². The highest BCUT2D eigenvalue weighted by molar-refractivity contribution is 6.30. The lowest BCUT2D eigenvalue weighted by Crippen LogP contribution is -1.77. The van der Waals surface area contributed by atoms with Crippen LogP contribution in [0.4, 0.5) is 4.39 Å². The summed E-state index contributed by atoms with van der Waals surface area (Å²) in [4.78, 5) is 0. The van der Waals surface area contributed by atoms with Gasteiger partial charge in [0.1, 0.15) is 0 Å². The normalized spacial score (nSPS) is 9.80. The van der Waals surface area contributed by atoms with Crippen LogP contribution in [-0.4, -0.2) is 10.2 Å². The van der Waals surface area contributed by atoms with Crippen molar-refractivity contribution in [2.24, 2.45) is 0 Å². The monoisotopic (exact) mass is 162 g/mol. The van der Waals surface area contributed by atoms with Crippen LogP contribution in [0.1, 0.15) is 0 Å². The Bertz CT molecular complexity index is 235. The van der Waals surface area contributed by atoms with Crippen molar-refractivity contribution < 1.29 is 14.6 Å². The van der Waals surface area contributed by atoms with E-state index in [-0.39, 0.29) is 5.02 Å². The Morgan fingerprint density at radius 3 is 2.40 bits per heavy atom. The predicted molar refractivity (Wildman–Crippen MR) is 34.7 cm³/mol. The fourth-order valence-electron chi connectivity index (χ4n) is 0.530. The van der Waals surface area contributed by atoms with E-state index in [1.54, 1.807) is 0 Å². The maximum Gasteiger partial charge on any atom is 0.195 e. The van der Waals surface area contributed by atoms with Crippen LogP contribution in [-0.2, 0) is 0 Å². The average molecular weight is 163 g/mol. The summed E-state index contributed by atoms with van der Waals surface area (Å²) < 4.78 is 12.4. The molecule has 0 aliphatic heterocycles. The predicted octanol–water partition coefficient (Wildman–Crippen LogP) is 1.89. The van der Waals surface area contributed by atoms with Crippen molar-refractivity contribution in [3.63, 3.8) is 0 Å². The first-order chi connectivity index (χ1) is 4.63. The number of phenols is 2. The zero-order valence-electron chi connectivity index (χ0n) is 4.81. The Hall–Kier alpha value is -0.960. The molecule has 1 rings (SSSR count). The van der Waals surface area contributed by atoms with Crippen LogP contribution in [0.15, 0.2) is 12.1 Å². The van der Waals surface area contributed by atoms with Gasteiger partial charge in [0.25, 0.3) is 0 Å². The summed E-state index contributed by atoms with van der Waals surface area (Å²) in [6.45, 7) is 0. The third-order valence-electron chi connectivity index (χ3n) is 1.05. The van der Waals surface area contributed by atoms with Crippen molar-refractivity contribution in [3.05, 3.63) is 23.0 Å². The van der Waals surface area contributed by atoms with Crippen LogP contribution in [0.25, 0.3) is 0 Å². The number of hydrogen-bond donors (Lipinski definition) is 2. The lowest BCUT2D eigenvalue weighted by atomic mass is 10.3. The highest BCUT2D eigenvalue weighted by Gasteiger charge is 2.08. The van der Waals surface area contributed by atoms with E-state index in [1.807, 2.05) is 0 Å². The minimum atomic E-state index is -0.998. The molecule has 0 aliphatic carbocycles. The molecular weight excluding hydrogens is 159 g/mol. The topological polar surface area (TPSA) is 40.5 Å². The summed E-state index contributed by atoms with van der Waals surface area (Å²) in [5.41, 5.74) is 0. The Labute approximate surface area is 61.5 Å². The molecule has 0 atom stereocenters. The van der Waals surface area contributed by atoms with Crippen LogP contribution in [0.5, 0.6) is 11.5 Å². The van der Waals surface area contributed by atoms with Gasteiger partial charge in [-0.3, -0.25) is 0 Å². The minimum absolute atomic E-state index is 0.213. The summed E-state index contributed by atoms with van der Waals surface area (Å²) in [6, 6.07) is 2.27.